The van der Waals surface area contributed by atoms with E-state index < -0.39 is 0 Å². The van der Waals surface area contributed by atoms with Gasteiger partial charge in [0.1, 0.15) is 12.0 Å². The number of carbonyl (C=O) groups is 1. The number of allylic oxidation sites excluding steroid dienone is 1. The average molecular weight is 176 g/mol. The number of hydrogen-bond acceptors (Lipinski definition) is 2. The molecule has 0 amide bonds. The molecule has 0 saturated heterocycles. The molecule has 0 saturated carbocycles. The van der Waals surface area contributed by atoms with Gasteiger partial charge in [-0.15, -0.1) is 0 Å². The van der Waals surface area contributed by atoms with Crippen molar-refractivity contribution < 1.29 is 9.90 Å². The van der Waals surface area contributed by atoms with Crippen molar-refractivity contribution in [2.45, 2.75) is 12.8 Å². The molecule has 0 fully saturated rings. The molecule has 0 aliphatic heterocycles. The molecule has 0 spiro atoms. The molecule has 1 rings (SSSR count). The lowest BCUT2D eigenvalue weighted by atomic mass is 10.1. The molecule has 0 atom stereocenters. The molecule has 0 heterocycles. The van der Waals surface area contributed by atoms with Crippen LogP contribution in [0.15, 0.2) is 30.3 Å². The first-order valence-corrected chi connectivity index (χ1v) is 4.23. The van der Waals surface area contributed by atoms with Crippen LogP contribution in [0.1, 0.15) is 18.4 Å². The van der Waals surface area contributed by atoms with Gasteiger partial charge in [0.15, 0.2) is 0 Å². The maximum Gasteiger partial charge on any atom is 0.122 e. The third kappa shape index (κ3) is 3.11. The summed E-state index contributed by atoms with van der Waals surface area (Å²) in [5.74, 6) is 0.268. The molecule has 0 aliphatic rings. The summed E-state index contributed by atoms with van der Waals surface area (Å²) >= 11 is 0. The topological polar surface area (TPSA) is 37.3 Å². The Kier molecular flexibility index (Phi) is 3.76. The van der Waals surface area contributed by atoms with Crippen LogP contribution in [0.3, 0.4) is 0 Å². The molecule has 0 bridgehead atoms. The smallest absolute Gasteiger partial charge is 0.122 e. The summed E-state index contributed by atoms with van der Waals surface area (Å²) in [4.78, 5) is 10.00. The van der Waals surface area contributed by atoms with Crippen LogP contribution in [0.4, 0.5) is 0 Å². The molecule has 68 valence electrons. The van der Waals surface area contributed by atoms with Crippen molar-refractivity contribution in [1.29, 1.82) is 0 Å². The first-order valence-electron chi connectivity index (χ1n) is 4.23. The molecular formula is C11H12O2. The summed E-state index contributed by atoms with van der Waals surface area (Å²) in [6, 6.07) is 7.10. The Morgan fingerprint density at radius 1 is 1.23 bits per heavy atom. The lowest BCUT2D eigenvalue weighted by Crippen LogP contribution is -1.74. The number of carbonyl (C=O) groups excluding carboxylic acids is 1. The number of aromatic hydroxyl groups is 1. The molecule has 0 aromatic heterocycles. The van der Waals surface area contributed by atoms with E-state index in [-0.39, 0.29) is 5.75 Å². The largest absolute Gasteiger partial charge is 0.507 e. The maximum absolute atomic E-state index is 10.00. The number of hydrogen-bond donors (Lipinski definition) is 1. The highest BCUT2D eigenvalue weighted by atomic mass is 16.3. The van der Waals surface area contributed by atoms with Gasteiger partial charge >= 0.3 is 0 Å². The number of para-hydroxylation sites is 1. The summed E-state index contributed by atoms with van der Waals surface area (Å²) in [7, 11) is 0. The predicted octanol–water partition coefficient (Wildman–Crippen LogP) is 2.38. The Bertz CT molecular complexity index is 303. The summed E-state index contributed by atoms with van der Waals surface area (Å²) in [6.07, 6.45) is 5.83. The Morgan fingerprint density at radius 3 is 2.69 bits per heavy atom. The summed E-state index contributed by atoms with van der Waals surface area (Å²) < 4.78 is 0. The molecule has 1 aromatic rings. The summed E-state index contributed by atoms with van der Waals surface area (Å²) in [6.45, 7) is 0. The highest BCUT2D eigenvalue weighted by Crippen LogP contribution is 2.17. The Balaban J connectivity index is 2.58. The number of aldehydes is 1. The van der Waals surface area contributed by atoms with Gasteiger partial charge in [0, 0.05) is 12.0 Å². The van der Waals surface area contributed by atoms with Crippen LogP contribution in [0.2, 0.25) is 0 Å². The summed E-state index contributed by atoms with van der Waals surface area (Å²) in [5.41, 5.74) is 0.786. The average Bonchev–Trinajstić information content (AvgIpc) is 2.15. The van der Waals surface area contributed by atoms with Crippen LogP contribution >= 0.6 is 0 Å². The van der Waals surface area contributed by atoms with E-state index in [0.717, 1.165) is 18.3 Å². The zero-order valence-electron chi connectivity index (χ0n) is 7.31. The number of phenolic OH excluding ortho intramolecular Hbond substituents is 1. The highest BCUT2D eigenvalue weighted by molar-refractivity contribution is 5.57. The van der Waals surface area contributed by atoms with E-state index in [1.165, 1.54) is 0 Å². The maximum atomic E-state index is 10.00. The first-order chi connectivity index (χ1) is 6.34. The number of rotatable bonds is 4. The van der Waals surface area contributed by atoms with Gasteiger partial charge in [0.05, 0.1) is 0 Å². The Morgan fingerprint density at radius 2 is 2.00 bits per heavy atom. The first kappa shape index (κ1) is 9.52. The molecule has 0 unspecified atom stereocenters. The fourth-order valence-corrected chi connectivity index (χ4v) is 1.00. The second-order valence-corrected chi connectivity index (χ2v) is 2.71. The Labute approximate surface area is 77.5 Å². The van der Waals surface area contributed by atoms with Crippen LogP contribution < -0.4 is 0 Å². The van der Waals surface area contributed by atoms with Gasteiger partial charge in [-0.3, -0.25) is 0 Å². The normalized spacial score (nSPS) is 10.5. The molecule has 1 N–H and O–H groups in total. The quantitative estimate of drug-likeness (QED) is 0.565. The number of unbranched alkanes of at least 4 members (excludes halogenated alkanes) is 1. The monoisotopic (exact) mass is 176 g/mol. The third-order valence-corrected chi connectivity index (χ3v) is 1.69. The lowest BCUT2D eigenvalue weighted by Gasteiger charge is -1.96. The Hall–Kier alpha value is -1.57. The lowest BCUT2D eigenvalue weighted by molar-refractivity contribution is -0.107. The van der Waals surface area contributed by atoms with Crippen molar-refractivity contribution in [3.05, 3.63) is 35.9 Å². The van der Waals surface area contributed by atoms with Gasteiger partial charge in [-0.05, 0) is 12.5 Å². The minimum atomic E-state index is 0.268. The molecule has 0 radical (unpaired) electrons. The molecule has 2 heteroatoms. The van der Waals surface area contributed by atoms with Crippen LogP contribution in [-0.4, -0.2) is 11.4 Å². The van der Waals surface area contributed by atoms with Crippen molar-refractivity contribution in [3.63, 3.8) is 0 Å². The van der Waals surface area contributed by atoms with E-state index in [2.05, 4.69) is 0 Å². The van der Waals surface area contributed by atoms with Crippen molar-refractivity contribution in [2.75, 3.05) is 0 Å². The second kappa shape index (κ2) is 5.14. The minimum Gasteiger partial charge on any atom is -0.507 e. The fourth-order valence-electron chi connectivity index (χ4n) is 1.00. The van der Waals surface area contributed by atoms with E-state index >= 15 is 0 Å². The van der Waals surface area contributed by atoms with E-state index in [4.69, 9.17) is 0 Å². The van der Waals surface area contributed by atoms with Gasteiger partial charge in [-0.2, -0.15) is 0 Å². The fraction of sp³-hybridized carbons (Fsp3) is 0.182. The molecular weight excluding hydrogens is 164 g/mol. The minimum absolute atomic E-state index is 0.268. The van der Waals surface area contributed by atoms with Gasteiger partial charge in [-0.25, -0.2) is 0 Å². The van der Waals surface area contributed by atoms with Crippen LogP contribution in [0, 0.1) is 0 Å². The van der Waals surface area contributed by atoms with Gasteiger partial charge < -0.3 is 9.90 Å². The van der Waals surface area contributed by atoms with E-state index in [9.17, 15) is 9.90 Å². The molecule has 2 nitrogen and oxygen atoms in total. The summed E-state index contributed by atoms with van der Waals surface area (Å²) in [5, 5.41) is 9.35. The molecule has 13 heavy (non-hydrogen) atoms. The van der Waals surface area contributed by atoms with Crippen LogP contribution in [0.25, 0.3) is 6.08 Å². The predicted molar refractivity (Wildman–Crippen MR) is 52.4 cm³/mol. The van der Waals surface area contributed by atoms with E-state index in [1.54, 1.807) is 12.1 Å². The molecule has 0 aliphatic carbocycles. The van der Waals surface area contributed by atoms with E-state index in [1.807, 2.05) is 24.3 Å². The van der Waals surface area contributed by atoms with Gasteiger partial charge in [0.25, 0.3) is 0 Å². The van der Waals surface area contributed by atoms with Crippen molar-refractivity contribution in [3.8, 4) is 5.75 Å². The third-order valence-electron chi connectivity index (χ3n) is 1.69. The molecule has 1 aromatic carbocycles. The van der Waals surface area contributed by atoms with Crippen molar-refractivity contribution in [2.24, 2.45) is 0 Å². The zero-order valence-corrected chi connectivity index (χ0v) is 7.31. The van der Waals surface area contributed by atoms with Gasteiger partial charge in [-0.1, -0.05) is 30.4 Å². The number of phenols is 1. The number of benzene rings is 1. The van der Waals surface area contributed by atoms with Gasteiger partial charge in [0.2, 0.25) is 0 Å². The van der Waals surface area contributed by atoms with E-state index in [0.29, 0.717) is 6.42 Å². The highest BCUT2D eigenvalue weighted by Gasteiger charge is 1.92. The zero-order chi connectivity index (χ0) is 9.52. The standard InChI is InChI=1S/C11H12O2/c12-9-5-1-2-6-10-7-3-4-8-11(10)13/h2-4,6-9,13H,1,5H2. The second-order valence-electron chi connectivity index (χ2n) is 2.71. The van der Waals surface area contributed by atoms with Crippen molar-refractivity contribution in [1.82, 2.24) is 0 Å². The van der Waals surface area contributed by atoms with Crippen molar-refractivity contribution >= 4 is 12.4 Å². The van der Waals surface area contributed by atoms with Crippen LogP contribution in [0.5, 0.6) is 5.75 Å². The SMILES string of the molecule is O=CCCC=Cc1ccccc1O. The van der Waals surface area contributed by atoms with Crippen LogP contribution in [-0.2, 0) is 4.79 Å².